The summed E-state index contributed by atoms with van der Waals surface area (Å²) in [6.07, 6.45) is 1.89. The molecule has 1 aliphatic heterocycles. The van der Waals surface area contributed by atoms with E-state index in [4.69, 9.17) is 4.42 Å². The molecule has 0 unspecified atom stereocenters. The molecular weight excluding hydrogens is 390 g/mol. The molecule has 0 saturated heterocycles. The molecule has 0 fully saturated rings. The van der Waals surface area contributed by atoms with E-state index in [-0.39, 0.29) is 10.8 Å². The monoisotopic (exact) mass is 409 g/mol. The first-order valence-electron chi connectivity index (χ1n) is 9.03. The minimum atomic E-state index is -3.85. The summed E-state index contributed by atoms with van der Waals surface area (Å²) in [5, 5.41) is 7.16. The topological polar surface area (TPSA) is 92.0 Å². The van der Waals surface area contributed by atoms with Crippen molar-refractivity contribution in [1.29, 1.82) is 0 Å². The van der Waals surface area contributed by atoms with Gasteiger partial charge < -0.3 is 9.73 Å². The number of sulfonamides is 1. The summed E-state index contributed by atoms with van der Waals surface area (Å²) >= 11 is 0. The van der Waals surface area contributed by atoms with E-state index in [9.17, 15) is 13.2 Å². The van der Waals surface area contributed by atoms with Crippen molar-refractivity contribution in [3.63, 3.8) is 0 Å². The first-order chi connectivity index (χ1) is 13.9. The van der Waals surface area contributed by atoms with Crippen LogP contribution in [0.1, 0.15) is 30.7 Å². The number of anilines is 1. The van der Waals surface area contributed by atoms with Gasteiger partial charge in [0.25, 0.3) is 10.0 Å². The zero-order valence-electron chi connectivity index (χ0n) is 15.6. The van der Waals surface area contributed by atoms with Crippen LogP contribution in [0.5, 0.6) is 0 Å². The van der Waals surface area contributed by atoms with Crippen LogP contribution in [0.3, 0.4) is 0 Å². The molecule has 0 aliphatic carbocycles. The second kappa shape index (κ2) is 7.56. The SMILES string of the molecule is CC(=O)Nc1ccc(C2=NN(S(=O)(=O)c3ccccc3)[C@@H](c3ccco3)C2)cc1. The van der Waals surface area contributed by atoms with Gasteiger partial charge in [0.1, 0.15) is 11.8 Å². The van der Waals surface area contributed by atoms with Crippen molar-refractivity contribution in [3.8, 4) is 0 Å². The van der Waals surface area contributed by atoms with Crippen molar-refractivity contribution in [2.45, 2.75) is 24.3 Å². The zero-order chi connectivity index (χ0) is 20.4. The summed E-state index contributed by atoms with van der Waals surface area (Å²) in [7, 11) is -3.85. The molecule has 8 heteroatoms. The lowest BCUT2D eigenvalue weighted by Crippen LogP contribution is -2.27. The van der Waals surface area contributed by atoms with Crippen LogP contribution >= 0.6 is 0 Å². The van der Waals surface area contributed by atoms with Gasteiger partial charge in [-0.05, 0) is 42.0 Å². The van der Waals surface area contributed by atoms with E-state index in [0.29, 0.717) is 23.6 Å². The lowest BCUT2D eigenvalue weighted by Gasteiger charge is -2.21. The van der Waals surface area contributed by atoms with Gasteiger partial charge in [0.2, 0.25) is 5.91 Å². The number of nitrogens with one attached hydrogen (secondary N) is 1. The molecule has 2 heterocycles. The Kier molecular flexibility index (Phi) is 4.94. The van der Waals surface area contributed by atoms with E-state index in [2.05, 4.69) is 10.4 Å². The summed E-state index contributed by atoms with van der Waals surface area (Å²) < 4.78 is 33.1. The van der Waals surface area contributed by atoms with E-state index < -0.39 is 16.1 Å². The normalized spacial score (nSPS) is 16.5. The largest absolute Gasteiger partial charge is 0.467 e. The van der Waals surface area contributed by atoms with E-state index in [1.807, 2.05) is 12.1 Å². The van der Waals surface area contributed by atoms with Gasteiger partial charge in [-0.25, -0.2) is 0 Å². The molecular formula is C21H19N3O4S. The first kappa shape index (κ1) is 18.9. The van der Waals surface area contributed by atoms with E-state index >= 15 is 0 Å². The van der Waals surface area contributed by atoms with Crippen molar-refractivity contribution in [1.82, 2.24) is 4.41 Å². The summed E-state index contributed by atoms with van der Waals surface area (Å²) in [4.78, 5) is 11.4. The van der Waals surface area contributed by atoms with Gasteiger partial charge in [-0.1, -0.05) is 30.3 Å². The molecule has 29 heavy (non-hydrogen) atoms. The standard InChI is InChI=1S/C21H19N3O4S/c1-15(25)22-17-11-9-16(10-12-17)19-14-20(21-8-5-13-28-21)24(23-19)29(26,27)18-6-3-2-4-7-18/h2-13,20H,14H2,1H3,(H,22,25)/t20-/m1/s1. The van der Waals surface area contributed by atoms with Crippen molar-refractivity contribution in [2.75, 3.05) is 5.32 Å². The van der Waals surface area contributed by atoms with Gasteiger partial charge in [0.05, 0.1) is 16.9 Å². The maximum Gasteiger partial charge on any atom is 0.279 e. The van der Waals surface area contributed by atoms with Crippen LogP contribution in [0.4, 0.5) is 5.69 Å². The van der Waals surface area contributed by atoms with Gasteiger partial charge in [-0.15, -0.1) is 0 Å². The smallest absolute Gasteiger partial charge is 0.279 e. The first-order valence-corrected chi connectivity index (χ1v) is 10.5. The van der Waals surface area contributed by atoms with Crippen LogP contribution in [-0.2, 0) is 14.8 Å². The molecule has 148 valence electrons. The van der Waals surface area contributed by atoms with Gasteiger partial charge in [0, 0.05) is 19.0 Å². The predicted octanol–water partition coefficient (Wildman–Crippen LogP) is 3.78. The molecule has 0 saturated carbocycles. The minimum absolute atomic E-state index is 0.158. The van der Waals surface area contributed by atoms with Crippen LogP contribution in [0.15, 0.2) is 87.4 Å². The number of nitrogens with zero attached hydrogens (tertiary/aromatic N) is 2. The molecule has 2 aromatic carbocycles. The molecule has 1 aromatic heterocycles. The number of hydrogen-bond donors (Lipinski definition) is 1. The summed E-state index contributed by atoms with van der Waals surface area (Å²) in [5.74, 6) is 0.368. The second-order valence-electron chi connectivity index (χ2n) is 6.63. The fourth-order valence-corrected chi connectivity index (χ4v) is 4.66. The Hall–Kier alpha value is -3.39. The average Bonchev–Trinajstić information content (AvgIpc) is 3.39. The van der Waals surface area contributed by atoms with Crippen LogP contribution in [0.25, 0.3) is 0 Å². The Morgan fingerprint density at radius 2 is 1.79 bits per heavy atom. The Balaban J connectivity index is 1.71. The minimum Gasteiger partial charge on any atom is -0.467 e. The van der Waals surface area contributed by atoms with Crippen LogP contribution in [-0.4, -0.2) is 24.5 Å². The second-order valence-corrected chi connectivity index (χ2v) is 8.43. The van der Waals surface area contributed by atoms with Gasteiger partial charge in [0.15, 0.2) is 0 Å². The third kappa shape index (κ3) is 3.79. The fraction of sp³-hybridized carbons (Fsp3) is 0.143. The lowest BCUT2D eigenvalue weighted by molar-refractivity contribution is -0.114. The number of hydrazone groups is 1. The van der Waals surface area contributed by atoms with E-state index in [1.165, 1.54) is 13.2 Å². The summed E-state index contributed by atoms with van der Waals surface area (Å²) in [6.45, 7) is 1.44. The molecule has 0 radical (unpaired) electrons. The highest BCUT2D eigenvalue weighted by Crippen LogP contribution is 2.37. The van der Waals surface area contributed by atoms with Gasteiger partial charge >= 0.3 is 0 Å². The quantitative estimate of drug-likeness (QED) is 0.694. The molecule has 1 amide bonds. The molecule has 0 bridgehead atoms. The molecule has 1 aliphatic rings. The van der Waals surface area contributed by atoms with Gasteiger partial charge in [-0.2, -0.15) is 17.9 Å². The van der Waals surface area contributed by atoms with Crippen LogP contribution < -0.4 is 5.32 Å². The van der Waals surface area contributed by atoms with Crippen molar-refractivity contribution in [3.05, 3.63) is 84.3 Å². The van der Waals surface area contributed by atoms with Gasteiger partial charge in [-0.3, -0.25) is 4.79 Å². The fourth-order valence-electron chi connectivity index (χ4n) is 3.23. The number of furan rings is 1. The maximum absolute atomic E-state index is 13.2. The molecule has 1 N–H and O–H groups in total. The predicted molar refractivity (Wildman–Crippen MR) is 109 cm³/mol. The number of benzene rings is 2. The molecule has 0 spiro atoms. The van der Waals surface area contributed by atoms with Crippen molar-refractivity contribution < 1.29 is 17.6 Å². The Bertz CT molecular complexity index is 1140. The number of hydrogen-bond acceptors (Lipinski definition) is 5. The Labute approximate surface area is 168 Å². The zero-order valence-corrected chi connectivity index (χ0v) is 16.5. The van der Waals surface area contributed by atoms with Crippen LogP contribution in [0, 0.1) is 0 Å². The molecule has 7 nitrogen and oxygen atoms in total. The number of carbonyl (C=O) groups excluding carboxylic acids is 1. The number of carbonyl (C=O) groups is 1. The number of rotatable bonds is 5. The van der Waals surface area contributed by atoms with E-state index in [1.54, 1.807) is 54.6 Å². The van der Waals surface area contributed by atoms with Crippen molar-refractivity contribution >= 4 is 27.3 Å². The van der Waals surface area contributed by atoms with E-state index in [0.717, 1.165) is 9.98 Å². The maximum atomic E-state index is 13.2. The Morgan fingerprint density at radius 3 is 2.41 bits per heavy atom. The average molecular weight is 409 g/mol. The van der Waals surface area contributed by atoms with Crippen LogP contribution in [0.2, 0.25) is 0 Å². The highest BCUT2D eigenvalue weighted by molar-refractivity contribution is 7.89. The molecule has 3 aromatic rings. The lowest BCUT2D eigenvalue weighted by atomic mass is 10.0. The highest BCUT2D eigenvalue weighted by Gasteiger charge is 2.39. The third-order valence-corrected chi connectivity index (χ3v) is 6.27. The molecule has 4 rings (SSSR count). The van der Waals surface area contributed by atoms with Crippen molar-refractivity contribution in [2.24, 2.45) is 5.10 Å². The highest BCUT2D eigenvalue weighted by atomic mass is 32.2. The Morgan fingerprint density at radius 1 is 1.07 bits per heavy atom. The number of amides is 1. The summed E-state index contributed by atoms with van der Waals surface area (Å²) in [5.41, 5.74) is 2.07. The molecule has 1 atom stereocenters. The third-order valence-electron chi connectivity index (χ3n) is 4.57. The summed E-state index contributed by atoms with van der Waals surface area (Å²) in [6, 6.07) is 18.2.